The van der Waals surface area contributed by atoms with Gasteiger partial charge < -0.3 is 0 Å². The third-order valence-electron chi connectivity index (χ3n) is 4.44. The smallest absolute Gasteiger partial charge is 0.289 e. The zero-order valence-electron chi connectivity index (χ0n) is 15.4. The number of aromatic nitrogens is 3. The Kier molecular flexibility index (Phi) is 4.62. The second kappa shape index (κ2) is 7.00. The van der Waals surface area contributed by atoms with Crippen LogP contribution in [0.15, 0.2) is 47.8 Å². The maximum absolute atomic E-state index is 12.7. The number of hydrogen-bond donors (Lipinski definition) is 1. The summed E-state index contributed by atoms with van der Waals surface area (Å²) in [4.78, 5) is 17.2. The Morgan fingerprint density at radius 1 is 1.10 bits per heavy atom. The number of benzene rings is 2. The van der Waals surface area contributed by atoms with Crippen LogP contribution in [0.3, 0.4) is 0 Å². The highest BCUT2D eigenvalue weighted by Crippen LogP contribution is 2.30. The third-order valence-corrected chi connectivity index (χ3v) is 5.26. The lowest BCUT2D eigenvalue weighted by Gasteiger charge is -2.07. The molecule has 2 heterocycles. The number of nitrogens with zero attached hydrogens (tertiary/aromatic N) is 3. The van der Waals surface area contributed by atoms with Gasteiger partial charge in [0.25, 0.3) is 11.9 Å². The summed E-state index contributed by atoms with van der Waals surface area (Å²) in [6, 6.07) is 10.1. The number of anilines is 1. The van der Waals surface area contributed by atoms with Gasteiger partial charge in [0.15, 0.2) is 0 Å². The predicted molar refractivity (Wildman–Crippen MR) is 105 cm³/mol. The first-order valence-electron chi connectivity index (χ1n) is 8.63. The molecule has 0 aliphatic heterocycles. The van der Waals surface area contributed by atoms with Crippen molar-refractivity contribution in [1.82, 2.24) is 14.6 Å². The summed E-state index contributed by atoms with van der Waals surface area (Å²) in [5.74, 6) is -0.488. The Morgan fingerprint density at radius 3 is 2.48 bits per heavy atom. The van der Waals surface area contributed by atoms with Crippen molar-refractivity contribution in [1.29, 1.82) is 0 Å². The lowest BCUT2D eigenvalue weighted by molar-refractivity contribution is -0.137. The summed E-state index contributed by atoms with van der Waals surface area (Å²) < 4.78 is 39.6. The Hall–Kier alpha value is -3.20. The molecule has 1 amide bonds. The number of carbonyl (C=O) groups excluding carboxylic acids is 1. The molecular formula is C20H15F3N4OS. The Labute approximate surface area is 167 Å². The van der Waals surface area contributed by atoms with E-state index in [1.54, 1.807) is 4.52 Å². The van der Waals surface area contributed by atoms with Gasteiger partial charge in [-0.25, -0.2) is 4.52 Å². The summed E-state index contributed by atoms with van der Waals surface area (Å²) in [6.45, 7) is 4.03. The van der Waals surface area contributed by atoms with Crippen molar-refractivity contribution in [3.8, 4) is 11.3 Å². The molecule has 4 rings (SSSR count). The Morgan fingerprint density at radius 2 is 1.83 bits per heavy atom. The molecule has 1 N–H and O–H groups in total. The quantitative estimate of drug-likeness (QED) is 0.490. The number of fused-ring (bicyclic) bond motifs is 1. The van der Waals surface area contributed by atoms with E-state index in [9.17, 15) is 18.0 Å². The van der Waals surface area contributed by atoms with Crippen LogP contribution in [0.25, 0.3) is 16.2 Å². The minimum Gasteiger partial charge on any atom is -0.289 e. The first-order valence-corrected chi connectivity index (χ1v) is 9.51. The van der Waals surface area contributed by atoms with Gasteiger partial charge in [0.2, 0.25) is 4.96 Å². The van der Waals surface area contributed by atoms with Crippen LogP contribution in [0.1, 0.15) is 27.0 Å². The SMILES string of the molecule is Cc1ccc(-c2csc3nc(NC(=O)c4ccc(C(F)(F)F)cc4)nn23)c(C)c1. The number of amides is 1. The van der Waals surface area contributed by atoms with Crippen LogP contribution in [0.5, 0.6) is 0 Å². The molecule has 0 fully saturated rings. The zero-order valence-corrected chi connectivity index (χ0v) is 16.2. The van der Waals surface area contributed by atoms with E-state index >= 15 is 0 Å². The van der Waals surface area contributed by atoms with Crippen LogP contribution >= 0.6 is 11.3 Å². The van der Waals surface area contributed by atoms with Crippen LogP contribution in [-0.4, -0.2) is 20.5 Å². The predicted octanol–water partition coefficient (Wildman–Crippen LogP) is 5.35. The summed E-state index contributed by atoms with van der Waals surface area (Å²) in [5, 5.41) is 8.82. The highest BCUT2D eigenvalue weighted by atomic mass is 32.1. The molecule has 0 radical (unpaired) electrons. The monoisotopic (exact) mass is 416 g/mol. The fourth-order valence-electron chi connectivity index (χ4n) is 3.01. The highest BCUT2D eigenvalue weighted by Gasteiger charge is 2.30. The second-order valence-corrected chi connectivity index (χ2v) is 7.43. The highest BCUT2D eigenvalue weighted by molar-refractivity contribution is 7.15. The van der Waals surface area contributed by atoms with Crippen molar-refractivity contribution in [3.05, 3.63) is 70.1 Å². The van der Waals surface area contributed by atoms with Crippen LogP contribution in [0, 0.1) is 13.8 Å². The van der Waals surface area contributed by atoms with E-state index < -0.39 is 17.6 Å². The lowest BCUT2D eigenvalue weighted by atomic mass is 10.0. The van der Waals surface area contributed by atoms with Gasteiger partial charge in [0, 0.05) is 16.5 Å². The summed E-state index contributed by atoms with van der Waals surface area (Å²) in [7, 11) is 0. The molecule has 0 aliphatic carbocycles. The van der Waals surface area contributed by atoms with Gasteiger partial charge in [-0.05, 0) is 43.7 Å². The van der Waals surface area contributed by atoms with E-state index in [0.29, 0.717) is 4.96 Å². The Balaban J connectivity index is 1.59. The van der Waals surface area contributed by atoms with Crippen molar-refractivity contribution < 1.29 is 18.0 Å². The van der Waals surface area contributed by atoms with Gasteiger partial charge in [-0.15, -0.1) is 16.4 Å². The van der Waals surface area contributed by atoms with E-state index in [1.807, 2.05) is 31.4 Å². The molecule has 0 aliphatic rings. The molecule has 29 heavy (non-hydrogen) atoms. The summed E-state index contributed by atoms with van der Waals surface area (Å²) in [5.41, 5.74) is 3.38. The largest absolute Gasteiger partial charge is 0.416 e. The molecule has 0 spiro atoms. The van der Waals surface area contributed by atoms with E-state index in [4.69, 9.17) is 0 Å². The van der Waals surface area contributed by atoms with Gasteiger partial charge in [-0.2, -0.15) is 18.2 Å². The van der Waals surface area contributed by atoms with Crippen LogP contribution in [0.2, 0.25) is 0 Å². The van der Waals surface area contributed by atoms with Crippen molar-refractivity contribution in [2.75, 3.05) is 5.32 Å². The molecule has 2 aromatic carbocycles. The number of nitrogens with one attached hydrogen (secondary N) is 1. The normalized spacial score (nSPS) is 11.8. The van der Waals surface area contributed by atoms with Gasteiger partial charge >= 0.3 is 6.18 Å². The molecule has 148 valence electrons. The molecule has 4 aromatic rings. The third kappa shape index (κ3) is 3.73. The molecule has 0 saturated carbocycles. The molecule has 5 nitrogen and oxygen atoms in total. The van der Waals surface area contributed by atoms with E-state index in [2.05, 4.69) is 21.5 Å². The van der Waals surface area contributed by atoms with Crippen LogP contribution in [0.4, 0.5) is 19.1 Å². The molecule has 2 aromatic heterocycles. The number of rotatable bonds is 3. The van der Waals surface area contributed by atoms with Crippen molar-refractivity contribution in [2.45, 2.75) is 20.0 Å². The molecular weight excluding hydrogens is 401 g/mol. The van der Waals surface area contributed by atoms with E-state index in [0.717, 1.165) is 46.6 Å². The minimum atomic E-state index is -4.45. The maximum Gasteiger partial charge on any atom is 0.416 e. The zero-order chi connectivity index (χ0) is 20.8. The van der Waals surface area contributed by atoms with Crippen molar-refractivity contribution in [3.63, 3.8) is 0 Å². The number of halogens is 3. The van der Waals surface area contributed by atoms with Crippen LogP contribution in [-0.2, 0) is 6.18 Å². The maximum atomic E-state index is 12.7. The standard InChI is InChI=1S/C20H15F3N4OS/c1-11-3-8-15(12(2)9-11)16-10-29-19-25-18(26-27(16)19)24-17(28)13-4-6-14(7-5-13)20(21,22)23/h3-10H,1-2H3,(H,24,26,28). The van der Waals surface area contributed by atoms with Gasteiger partial charge in [-0.3, -0.25) is 10.1 Å². The van der Waals surface area contributed by atoms with Gasteiger partial charge in [0.1, 0.15) is 0 Å². The minimum absolute atomic E-state index is 0.0887. The fraction of sp³-hybridized carbons (Fsp3) is 0.150. The number of thiazole rings is 1. The second-order valence-electron chi connectivity index (χ2n) is 6.60. The molecule has 0 unspecified atom stereocenters. The molecule has 0 bridgehead atoms. The number of alkyl halides is 3. The molecule has 9 heteroatoms. The molecule has 0 saturated heterocycles. The summed E-state index contributed by atoms with van der Waals surface area (Å²) in [6.07, 6.45) is -4.45. The first kappa shape index (κ1) is 19.1. The first-order chi connectivity index (χ1) is 13.7. The number of carbonyl (C=O) groups is 1. The average molecular weight is 416 g/mol. The van der Waals surface area contributed by atoms with Crippen molar-refractivity contribution in [2.24, 2.45) is 0 Å². The lowest BCUT2D eigenvalue weighted by Crippen LogP contribution is -2.14. The van der Waals surface area contributed by atoms with E-state index in [1.165, 1.54) is 11.3 Å². The summed E-state index contributed by atoms with van der Waals surface area (Å²) >= 11 is 1.38. The van der Waals surface area contributed by atoms with Gasteiger partial charge in [-0.1, -0.05) is 23.8 Å². The number of aryl methyl sites for hydroxylation is 2. The van der Waals surface area contributed by atoms with Gasteiger partial charge in [0.05, 0.1) is 11.3 Å². The molecule has 0 atom stereocenters. The van der Waals surface area contributed by atoms with E-state index in [-0.39, 0.29) is 11.5 Å². The average Bonchev–Trinajstić information content (AvgIpc) is 3.21. The van der Waals surface area contributed by atoms with Crippen molar-refractivity contribution >= 4 is 28.2 Å². The van der Waals surface area contributed by atoms with Crippen LogP contribution < -0.4 is 5.32 Å². The topological polar surface area (TPSA) is 59.3 Å². The number of hydrogen-bond acceptors (Lipinski definition) is 4. The fourth-order valence-corrected chi connectivity index (χ4v) is 3.83. The Bertz CT molecular complexity index is 1210.